The fraction of sp³-hybridized carbons (Fsp3) is 0.353. The van der Waals surface area contributed by atoms with Gasteiger partial charge in [0.15, 0.2) is 0 Å². The fourth-order valence-electron chi connectivity index (χ4n) is 3.03. The van der Waals surface area contributed by atoms with Crippen LogP contribution < -0.4 is 34.7 Å². The van der Waals surface area contributed by atoms with Gasteiger partial charge in [0, 0.05) is 41.2 Å². The molecule has 5 heteroatoms. The van der Waals surface area contributed by atoms with E-state index in [1.165, 1.54) is 0 Å². The van der Waals surface area contributed by atoms with Gasteiger partial charge in [-0.15, -0.1) is 0 Å². The quantitative estimate of drug-likeness (QED) is 0.716. The summed E-state index contributed by atoms with van der Waals surface area (Å²) in [6.07, 6.45) is 9.54. The van der Waals surface area contributed by atoms with Crippen molar-refractivity contribution in [2.75, 3.05) is 0 Å². The van der Waals surface area contributed by atoms with Gasteiger partial charge in [-0.3, -0.25) is 9.97 Å². The van der Waals surface area contributed by atoms with Crippen molar-refractivity contribution in [1.82, 2.24) is 9.97 Å². The van der Waals surface area contributed by atoms with E-state index < -0.39 is 5.97 Å². The van der Waals surface area contributed by atoms with Gasteiger partial charge in [0.1, 0.15) is 0 Å². The molecule has 0 atom stereocenters. The van der Waals surface area contributed by atoms with Crippen LogP contribution in [0.3, 0.4) is 0 Å². The maximum Gasteiger partial charge on any atom is 1.00 e. The molecule has 4 nitrogen and oxygen atoms in total. The van der Waals surface area contributed by atoms with Crippen LogP contribution in [-0.2, 0) is 0 Å². The van der Waals surface area contributed by atoms with Crippen LogP contribution in [0.4, 0.5) is 0 Å². The van der Waals surface area contributed by atoms with E-state index >= 15 is 0 Å². The van der Waals surface area contributed by atoms with Crippen molar-refractivity contribution in [3.63, 3.8) is 0 Å². The molecule has 0 amide bonds. The first-order valence-corrected chi connectivity index (χ1v) is 7.28. The largest absolute Gasteiger partial charge is 1.00 e. The summed E-state index contributed by atoms with van der Waals surface area (Å²) in [6, 6.07) is 3.64. The minimum absolute atomic E-state index is 0. The molecular formula is C17H17N2NaO2. The number of aromatic carboxylic acids is 1. The Bertz CT molecular complexity index is 682. The van der Waals surface area contributed by atoms with E-state index in [0.29, 0.717) is 5.69 Å². The molecule has 108 valence electrons. The zero-order valence-corrected chi connectivity index (χ0v) is 15.0. The van der Waals surface area contributed by atoms with Gasteiger partial charge in [0.25, 0.3) is 0 Å². The number of hydrogen-bond acceptors (Lipinski definition) is 4. The number of carbonyl (C=O) groups is 1. The van der Waals surface area contributed by atoms with Crippen molar-refractivity contribution in [2.45, 2.75) is 38.5 Å². The molecule has 0 unspecified atom stereocenters. The Kier molecular flexibility index (Phi) is 5.73. The Balaban J connectivity index is 0.00000176. The molecule has 0 bridgehead atoms. The van der Waals surface area contributed by atoms with E-state index in [2.05, 4.69) is 9.97 Å². The molecular weight excluding hydrogens is 287 g/mol. The van der Waals surface area contributed by atoms with Gasteiger partial charge in [-0.25, -0.2) is 0 Å². The number of nitrogens with zero attached hydrogens (tertiary/aromatic N) is 2. The van der Waals surface area contributed by atoms with E-state index in [9.17, 15) is 9.90 Å². The molecule has 0 N–H and O–H groups in total. The van der Waals surface area contributed by atoms with E-state index in [-0.39, 0.29) is 41.0 Å². The van der Waals surface area contributed by atoms with Gasteiger partial charge in [-0.1, -0.05) is 12.8 Å². The molecule has 3 rings (SSSR count). The molecule has 2 heterocycles. The number of carboxylic acids is 1. The molecule has 22 heavy (non-hydrogen) atoms. The third-order valence-corrected chi connectivity index (χ3v) is 4.09. The van der Waals surface area contributed by atoms with Crippen LogP contribution in [0, 0.1) is 6.92 Å². The molecule has 0 aromatic carbocycles. The predicted molar refractivity (Wildman–Crippen MR) is 77.7 cm³/mol. The SMILES string of the molecule is Cc1cncc(-c2cnc(C3CCCC3)c(C(=O)[O-])c2)c1.[Na+]. The number of aromatic nitrogens is 2. The van der Waals surface area contributed by atoms with Gasteiger partial charge < -0.3 is 9.90 Å². The molecule has 0 spiro atoms. The van der Waals surface area contributed by atoms with Crippen LogP contribution in [0.25, 0.3) is 11.1 Å². The minimum atomic E-state index is -1.15. The zero-order valence-electron chi connectivity index (χ0n) is 13.0. The molecule has 0 radical (unpaired) electrons. The van der Waals surface area contributed by atoms with Crippen LogP contribution in [0.1, 0.15) is 53.2 Å². The Morgan fingerprint density at radius 1 is 1.14 bits per heavy atom. The van der Waals surface area contributed by atoms with Crippen molar-refractivity contribution in [2.24, 2.45) is 0 Å². The van der Waals surface area contributed by atoms with Crippen molar-refractivity contribution in [3.8, 4) is 11.1 Å². The number of hydrogen-bond donors (Lipinski definition) is 0. The second kappa shape index (κ2) is 7.36. The maximum absolute atomic E-state index is 11.5. The number of pyridine rings is 2. The topological polar surface area (TPSA) is 65.9 Å². The number of rotatable bonds is 3. The third-order valence-electron chi connectivity index (χ3n) is 4.09. The Morgan fingerprint density at radius 2 is 1.82 bits per heavy atom. The van der Waals surface area contributed by atoms with Crippen LogP contribution in [0.5, 0.6) is 0 Å². The maximum atomic E-state index is 11.5. The number of aryl methyl sites for hydroxylation is 1. The van der Waals surface area contributed by atoms with Crippen molar-refractivity contribution < 1.29 is 39.5 Å². The summed E-state index contributed by atoms with van der Waals surface area (Å²) in [5.74, 6) is -0.894. The fourth-order valence-corrected chi connectivity index (χ4v) is 3.03. The summed E-state index contributed by atoms with van der Waals surface area (Å²) in [6.45, 7) is 1.95. The average Bonchev–Trinajstić information content (AvgIpc) is 3.00. The first-order valence-electron chi connectivity index (χ1n) is 7.28. The van der Waals surface area contributed by atoms with Gasteiger partial charge in [0.2, 0.25) is 0 Å². The summed E-state index contributed by atoms with van der Waals surface area (Å²) >= 11 is 0. The molecule has 2 aromatic heterocycles. The summed E-state index contributed by atoms with van der Waals surface area (Å²) in [5, 5.41) is 11.5. The van der Waals surface area contributed by atoms with Crippen LogP contribution in [0.2, 0.25) is 0 Å². The molecule has 1 aliphatic carbocycles. The van der Waals surface area contributed by atoms with Gasteiger partial charge in [-0.05, 0) is 37.5 Å². The van der Waals surface area contributed by atoms with Crippen LogP contribution in [0.15, 0.2) is 30.7 Å². The second-order valence-corrected chi connectivity index (χ2v) is 5.68. The summed E-state index contributed by atoms with van der Waals surface area (Å²) in [5.41, 5.74) is 3.58. The van der Waals surface area contributed by atoms with Gasteiger partial charge in [-0.2, -0.15) is 0 Å². The predicted octanol–water partition coefficient (Wildman–Crippen LogP) is -0.523. The molecule has 0 saturated heterocycles. The third kappa shape index (κ3) is 3.57. The van der Waals surface area contributed by atoms with Crippen LogP contribution >= 0.6 is 0 Å². The normalized spacial score (nSPS) is 14.6. The number of carboxylic acid groups (broad SMARTS) is 1. The second-order valence-electron chi connectivity index (χ2n) is 5.68. The van der Waals surface area contributed by atoms with Gasteiger partial charge >= 0.3 is 29.6 Å². The van der Waals surface area contributed by atoms with Crippen molar-refractivity contribution in [3.05, 3.63) is 47.5 Å². The molecule has 1 aliphatic rings. The van der Waals surface area contributed by atoms with E-state index in [1.54, 1.807) is 24.7 Å². The van der Waals surface area contributed by atoms with E-state index in [0.717, 1.165) is 42.4 Å². The monoisotopic (exact) mass is 304 g/mol. The Hall–Kier alpha value is -1.23. The molecule has 0 aliphatic heterocycles. The van der Waals surface area contributed by atoms with Crippen molar-refractivity contribution in [1.29, 1.82) is 0 Å². The van der Waals surface area contributed by atoms with Crippen LogP contribution in [-0.4, -0.2) is 15.9 Å². The first-order chi connectivity index (χ1) is 10.1. The smallest absolute Gasteiger partial charge is 0.545 e. The number of carbonyl (C=O) groups excluding carboxylic acids is 1. The first kappa shape index (κ1) is 17.1. The van der Waals surface area contributed by atoms with E-state index in [4.69, 9.17) is 0 Å². The molecule has 2 aromatic rings. The van der Waals surface area contributed by atoms with Gasteiger partial charge in [0.05, 0.1) is 11.7 Å². The van der Waals surface area contributed by atoms with Crippen molar-refractivity contribution >= 4 is 5.97 Å². The Morgan fingerprint density at radius 3 is 2.45 bits per heavy atom. The molecule has 1 fully saturated rings. The standard InChI is InChI=1S/C17H18N2O2.Na/c1-11-6-13(9-18-8-11)14-7-15(17(20)21)16(19-10-14)12-4-2-3-5-12;/h6-10,12H,2-5H2,1H3,(H,20,21);/q;+1/p-1. The summed E-state index contributed by atoms with van der Waals surface area (Å²) < 4.78 is 0. The summed E-state index contributed by atoms with van der Waals surface area (Å²) in [4.78, 5) is 20.0. The zero-order chi connectivity index (χ0) is 14.8. The summed E-state index contributed by atoms with van der Waals surface area (Å²) in [7, 11) is 0. The molecule has 1 saturated carbocycles. The average molecular weight is 304 g/mol. The Labute approximate surface area is 152 Å². The minimum Gasteiger partial charge on any atom is -0.545 e. The van der Waals surface area contributed by atoms with E-state index in [1.807, 2.05) is 13.0 Å².